The highest BCUT2D eigenvalue weighted by Crippen LogP contribution is 2.29. The summed E-state index contributed by atoms with van der Waals surface area (Å²) in [4.78, 5) is 0. The molecule has 0 amide bonds. The van der Waals surface area contributed by atoms with Crippen LogP contribution in [0.1, 0.15) is 17.2 Å². The minimum absolute atomic E-state index is 0.274. The molecule has 2 aromatic rings. The number of anilines is 1. The molecule has 0 aliphatic rings. The van der Waals surface area contributed by atoms with Crippen LogP contribution in [0.4, 0.5) is 5.69 Å². The van der Waals surface area contributed by atoms with Gasteiger partial charge in [-0.2, -0.15) is 0 Å². The van der Waals surface area contributed by atoms with Gasteiger partial charge in [-0.05, 0) is 35.4 Å². The van der Waals surface area contributed by atoms with E-state index in [1.807, 2.05) is 36.4 Å². The van der Waals surface area contributed by atoms with Gasteiger partial charge in [0.25, 0.3) is 0 Å². The standard InChI is InChI=1S/C14H15ClN2O/c1-18-11-6-7-12(13(15)8-11)14(17)9-2-4-10(16)5-3-9/h2-8,14H,16-17H2,1H3. The highest BCUT2D eigenvalue weighted by atomic mass is 35.5. The third-order valence-electron chi connectivity index (χ3n) is 2.84. The maximum absolute atomic E-state index is 6.20. The summed E-state index contributed by atoms with van der Waals surface area (Å²) in [5.41, 5.74) is 14.4. The molecule has 1 atom stereocenters. The Hall–Kier alpha value is -1.71. The summed E-state index contributed by atoms with van der Waals surface area (Å²) in [7, 11) is 1.60. The Kier molecular flexibility index (Phi) is 3.75. The third-order valence-corrected chi connectivity index (χ3v) is 3.17. The molecular formula is C14H15ClN2O. The fourth-order valence-electron chi connectivity index (χ4n) is 1.77. The number of methoxy groups -OCH3 is 1. The van der Waals surface area contributed by atoms with Gasteiger partial charge in [-0.15, -0.1) is 0 Å². The summed E-state index contributed by atoms with van der Waals surface area (Å²) in [5.74, 6) is 0.716. The lowest BCUT2D eigenvalue weighted by atomic mass is 9.99. The molecule has 0 spiro atoms. The molecule has 2 rings (SSSR count). The second kappa shape index (κ2) is 5.29. The number of nitrogen functional groups attached to an aromatic ring is 1. The maximum Gasteiger partial charge on any atom is 0.120 e. The Balaban J connectivity index is 2.33. The van der Waals surface area contributed by atoms with Gasteiger partial charge in [0, 0.05) is 10.7 Å². The van der Waals surface area contributed by atoms with Crippen molar-refractivity contribution in [3.05, 3.63) is 58.6 Å². The number of hydrogen-bond donors (Lipinski definition) is 2. The van der Waals surface area contributed by atoms with Crippen LogP contribution in [0.3, 0.4) is 0 Å². The van der Waals surface area contributed by atoms with Gasteiger partial charge in [0.1, 0.15) is 5.75 Å². The van der Waals surface area contributed by atoms with Crippen molar-refractivity contribution < 1.29 is 4.74 Å². The Labute approximate surface area is 111 Å². The van der Waals surface area contributed by atoms with Crippen LogP contribution in [0.15, 0.2) is 42.5 Å². The molecule has 0 bridgehead atoms. The number of rotatable bonds is 3. The molecule has 0 saturated carbocycles. The maximum atomic E-state index is 6.20. The Bertz CT molecular complexity index is 540. The van der Waals surface area contributed by atoms with Gasteiger partial charge >= 0.3 is 0 Å². The molecule has 1 unspecified atom stereocenters. The number of hydrogen-bond acceptors (Lipinski definition) is 3. The van der Waals surface area contributed by atoms with E-state index >= 15 is 0 Å². The van der Waals surface area contributed by atoms with E-state index in [0.29, 0.717) is 16.5 Å². The van der Waals surface area contributed by atoms with E-state index < -0.39 is 0 Å². The predicted octanol–water partition coefficient (Wildman–Crippen LogP) is 2.98. The molecule has 0 aliphatic heterocycles. The lowest BCUT2D eigenvalue weighted by Crippen LogP contribution is -2.12. The summed E-state index contributed by atoms with van der Waals surface area (Å²) < 4.78 is 5.11. The third kappa shape index (κ3) is 2.58. The van der Waals surface area contributed by atoms with Gasteiger partial charge in [-0.1, -0.05) is 29.8 Å². The van der Waals surface area contributed by atoms with Crippen LogP contribution in [-0.2, 0) is 0 Å². The largest absolute Gasteiger partial charge is 0.497 e. The SMILES string of the molecule is COc1ccc(C(N)c2ccc(N)cc2)c(Cl)c1. The molecule has 2 aromatic carbocycles. The van der Waals surface area contributed by atoms with Crippen LogP contribution in [-0.4, -0.2) is 7.11 Å². The quantitative estimate of drug-likeness (QED) is 0.836. The van der Waals surface area contributed by atoms with Crippen molar-refractivity contribution in [2.45, 2.75) is 6.04 Å². The van der Waals surface area contributed by atoms with E-state index in [9.17, 15) is 0 Å². The van der Waals surface area contributed by atoms with Crippen LogP contribution in [0.2, 0.25) is 5.02 Å². The van der Waals surface area contributed by atoms with Gasteiger partial charge in [0.2, 0.25) is 0 Å². The topological polar surface area (TPSA) is 61.3 Å². The van der Waals surface area contributed by atoms with Crippen LogP contribution in [0, 0.1) is 0 Å². The van der Waals surface area contributed by atoms with E-state index in [0.717, 1.165) is 11.1 Å². The van der Waals surface area contributed by atoms with Gasteiger partial charge in [0.05, 0.1) is 13.2 Å². The van der Waals surface area contributed by atoms with Crippen LogP contribution in [0.5, 0.6) is 5.75 Å². The summed E-state index contributed by atoms with van der Waals surface area (Å²) in [6.07, 6.45) is 0. The second-order valence-electron chi connectivity index (χ2n) is 4.03. The lowest BCUT2D eigenvalue weighted by Gasteiger charge is -2.15. The minimum Gasteiger partial charge on any atom is -0.497 e. The van der Waals surface area contributed by atoms with Crippen molar-refractivity contribution in [3.63, 3.8) is 0 Å². The van der Waals surface area contributed by atoms with Gasteiger partial charge in [-0.25, -0.2) is 0 Å². The molecule has 0 radical (unpaired) electrons. The van der Waals surface area contributed by atoms with Crippen molar-refractivity contribution in [2.24, 2.45) is 5.73 Å². The molecule has 4 heteroatoms. The van der Waals surface area contributed by atoms with Gasteiger partial charge < -0.3 is 16.2 Å². The molecule has 3 nitrogen and oxygen atoms in total. The van der Waals surface area contributed by atoms with Crippen molar-refractivity contribution >= 4 is 17.3 Å². The van der Waals surface area contributed by atoms with Crippen LogP contribution >= 0.6 is 11.6 Å². The van der Waals surface area contributed by atoms with E-state index in [1.165, 1.54) is 0 Å². The molecule has 94 valence electrons. The van der Waals surface area contributed by atoms with Crippen molar-refractivity contribution in [2.75, 3.05) is 12.8 Å². The molecule has 0 fully saturated rings. The number of ether oxygens (including phenoxy) is 1. The molecule has 18 heavy (non-hydrogen) atoms. The normalized spacial score (nSPS) is 12.2. The first-order chi connectivity index (χ1) is 8.61. The molecule has 0 aliphatic carbocycles. The zero-order valence-electron chi connectivity index (χ0n) is 10.1. The molecule has 4 N–H and O–H groups in total. The van der Waals surface area contributed by atoms with E-state index in [2.05, 4.69) is 0 Å². The number of benzene rings is 2. The van der Waals surface area contributed by atoms with Crippen LogP contribution in [0.25, 0.3) is 0 Å². The summed E-state index contributed by atoms with van der Waals surface area (Å²) in [6, 6.07) is 12.7. The fraction of sp³-hybridized carbons (Fsp3) is 0.143. The average Bonchev–Trinajstić information content (AvgIpc) is 2.38. The van der Waals surface area contributed by atoms with Gasteiger partial charge in [0.15, 0.2) is 0 Å². The predicted molar refractivity (Wildman–Crippen MR) is 74.9 cm³/mol. The zero-order valence-corrected chi connectivity index (χ0v) is 10.8. The average molecular weight is 263 g/mol. The highest BCUT2D eigenvalue weighted by molar-refractivity contribution is 6.31. The lowest BCUT2D eigenvalue weighted by molar-refractivity contribution is 0.414. The van der Waals surface area contributed by atoms with Gasteiger partial charge in [-0.3, -0.25) is 0 Å². The molecule has 0 aromatic heterocycles. The highest BCUT2D eigenvalue weighted by Gasteiger charge is 2.13. The molecule has 0 heterocycles. The van der Waals surface area contributed by atoms with Crippen molar-refractivity contribution in [1.29, 1.82) is 0 Å². The first kappa shape index (κ1) is 12.7. The summed E-state index contributed by atoms with van der Waals surface area (Å²) in [6.45, 7) is 0. The van der Waals surface area contributed by atoms with Crippen molar-refractivity contribution in [1.82, 2.24) is 0 Å². The summed E-state index contributed by atoms with van der Waals surface area (Å²) in [5, 5.41) is 0.596. The summed E-state index contributed by atoms with van der Waals surface area (Å²) >= 11 is 6.20. The first-order valence-corrected chi connectivity index (χ1v) is 5.94. The second-order valence-corrected chi connectivity index (χ2v) is 4.44. The van der Waals surface area contributed by atoms with E-state index in [-0.39, 0.29) is 6.04 Å². The molecule has 0 saturated heterocycles. The van der Waals surface area contributed by atoms with Crippen LogP contribution < -0.4 is 16.2 Å². The van der Waals surface area contributed by atoms with Crippen molar-refractivity contribution in [3.8, 4) is 5.75 Å². The zero-order chi connectivity index (χ0) is 13.1. The minimum atomic E-state index is -0.274. The Morgan fingerprint density at radius 2 is 1.78 bits per heavy atom. The fourth-order valence-corrected chi connectivity index (χ4v) is 2.06. The first-order valence-electron chi connectivity index (χ1n) is 5.56. The Morgan fingerprint density at radius 1 is 1.11 bits per heavy atom. The number of halogens is 1. The smallest absolute Gasteiger partial charge is 0.120 e. The van der Waals surface area contributed by atoms with E-state index in [4.69, 9.17) is 27.8 Å². The monoisotopic (exact) mass is 262 g/mol. The van der Waals surface area contributed by atoms with E-state index in [1.54, 1.807) is 13.2 Å². The Morgan fingerprint density at radius 3 is 2.33 bits per heavy atom. The number of nitrogens with two attached hydrogens (primary N) is 2. The molecular weight excluding hydrogens is 248 g/mol.